The van der Waals surface area contributed by atoms with Gasteiger partial charge in [0.05, 0.1) is 19.3 Å². The minimum absolute atomic E-state index is 0.129. The van der Waals surface area contributed by atoms with Crippen LogP contribution in [0.4, 0.5) is 0 Å². The van der Waals surface area contributed by atoms with E-state index < -0.39 is 6.10 Å². The number of amides is 1. The summed E-state index contributed by atoms with van der Waals surface area (Å²) >= 11 is 0. The van der Waals surface area contributed by atoms with E-state index in [1.165, 1.54) is 0 Å². The van der Waals surface area contributed by atoms with E-state index in [0.717, 1.165) is 5.56 Å². The van der Waals surface area contributed by atoms with Gasteiger partial charge < -0.3 is 20.8 Å². The molecule has 17 heavy (non-hydrogen) atoms. The van der Waals surface area contributed by atoms with E-state index in [4.69, 9.17) is 10.2 Å². The van der Waals surface area contributed by atoms with Crippen molar-refractivity contribution in [1.82, 2.24) is 10.6 Å². The molecule has 0 saturated carbocycles. The molecular weight excluding hydrogens is 220 g/mol. The van der Waals surface area contributed by atoms with Crippen molar-refractivity contribution in [3.63, 3.8) is 0 Å². The van der Waals surface area contributed by atoms with Gasteiger partial charge in [-0.1, -0.05) is 30.3 Å². The largest absolute Gasteiger partial charge is 0.394 e. The van der Waals surface area contributed by atoms with E-state index in [0.29, 0.717) is 6.54 Å². The lowest BCUT2D eigenvalue weighted by atomic mass is 10.2. The highest BCUT2D eigenvalue weighted by Gasteiger charge is 2.03. The van der Waals surface area contributed by atoms with Crippen molar-refractivity contribution in [2.45, 2.75) is 12.6 Å². The van der Waals surface area contributed by atoms with Gasteiger partial charge in [0.2, 0.25) is 5.91 Å². The van der Waals surface area contributed by atoms with Crippen LogP contribution < -0.4 is 10.6 Å². The minimum Gasteiger partial charge on any atom is -0.394 e. The normalized spacial score (nSPS) is 12.1. The average Bonchev–Trinajstić information content (AvgIpc) is 2.37. The van der Waals surface area contributed by atoms with Crippen LogP contribution in [0.1, 0.15) is 5.56 Å². The second-order valence-corrected chi connectivity index (χ2v) is 3.73. The monoisotopic (exact) mass is 238 g/mol. The molecule has 0 aliphatic rings. The number of aliphatic hydroxyl groups excluding tert-OH is 2. The summed E-state index contributed by atoms with van der Waals surface area (Å²) in [6, 6.07) is 9.62. The summed E-state index contributed by atoms with van der Waals surface area (Å²) in [5, 5.41) is 23.1. The van der Waals surface area contributed by atoms with Gasteiger partial charge in [-0.3, -0.25) is 4.79 Å². The molecule has 0 heterocycles. The molecule has 1 atom stereocenters. The Morgan fingerprint density at radius 2 is 2.00 bits per heavy atom. The smallest absolute Gasteiger partial charge is 0.234 e. The topological polar surface area (TPSA) is 81.6 Å². The maximum Gasteiger partial charge on any atom is 0.234 e. The quantitative estimate of drug-likeness (QED) is 0.503. The number of aliphatic hydroxyl groups is 2. The van der Waals surface area contributed by atoms with Crippen LogP contribution in [0, 0.1) is 0 Å². The summed E-state index contributed by atoms with van der Waals surface area (Å²) in [6.07, 6.45) is -0.822. The molecule has 5 nitrogen and oxygen atoms in total. The fourth-order valence-electron chi connectivity index (χ4n) is 1.28. The molecule has 0 radical (unpaired) electrons. The van der Waals surface area contributed by atoms with E-state index in [9.17, 15) is 4.79 Å². The minimum atomic E-state index is -0.822. The molecule has 1 aromatic rings. The highest BCUT2D eigenvalue weighted by atomic mass is 16.3. The standard InChI is InChI=1S/C12H18N2O3/c15-9-11(16)7-13-8-12(17)14-6-10-4-2-1-3-5-10/h1-5,11,13,15-16H,6-9H2,(H,14,17). The maximum atomic E-state index is 11.4. The summed E-state index contributed by atoms with van der Waals surface area (Å²) in [6.45, 7) is 0.516. The van der Waals surface area contributed by atoms with Crippen LogP contribution >= 0.6 is 0 Å². The third kappa shape index (κ3) is 6.01. The van der Waals surface area contributed by atoms with Crippen LogP contribution in [0.3, 0.4) is 0 Å². The van der Waals surface area contributed by atoms with E-state index in [1.807, 2.05) is 30.3 Å². The lowest BCUT2D eigenvalue weighted by molar-refractivity contribution is -0.120. The number of benzene rings is 1. The van der Waals surface area contributed by atoms with Gasteiger partial charge in [-0.2, -0.15) is 0 Å². The zero-order valence-electron chi connectivity index (χ0n) is 9.60. The molecule has 0 aliphatic heterocycles. The van der Waals surface area contributed by atoms with Gasteiger partial charge in [0.15, 0.2) is 0 Å². The van der Waals surface area contributed by atoms with Gasteiger partial charge in [0.25, 0.3) is 0 Å². The molecule has 1 amide bonds. The number of nitrogens with one attached hydrogen (secondary N) is 2. The van der Waals surface area contributed by atoms with Gasteiger partial charge in [0, 0.05) is 13.1 Å². The lowest BCUT2D eigenvalue weighted by Gasteiger charge is -2.09. The maximum absolute atomic E-state index is 11.4. The van der Waals surface area contributed by atoms with Crippen LogP contribution in [0.25, 0.3) is 0 Å². The Balaban J connectivity index is 2.13. The molecule has 1 aromatic carbocycles. The second-order valence-electron chi connectivity index (χ2n) is 3.73. The molecule has 4 N–H and O–H groups in total. The zero-order valence-corrected chi connectivity index (χ0v) is 9.60. The molecule has 1 rings (SSSR count). The number of carbonyl (C=O) groups is 1. The Labute approximate surface area is 100 Å². The molecule has 0 fully saturated rings. The summed E-state index contributed by atoms with van der Waals surface area (Å²) in [5.74, 6) is -0.140. The van der Waals surface area contributed by atoms with Crippen LogP contribution in [-0.4, -0.2) is 41.9 Å². The Hall–Kier alpha value is -1.43. The molecule has 0 spiro atoms. The van der Waals surface area contributed by atoms with Crippen molar-refractivity contribution in [2.75, 3.05) is 19.7 Å². The first-order valence-corrected chi connectivity index (χ1v) is 5.52. The van der Waals surface area contributed by atoms with Crippen LogP contribution in [0.2, 0.25) is 0 Å². The Morgan fingerprint density at radius 1 is 1.29 bits per heavy atom. The predicted molar refractivity (Wildman–Crippen MR) is 64.3 cm³/mol. The first-order chi connectivity index (χ1) is 8.22. The Morgan fingerprint density at radius 3 is 2.65 bits per heavy atom. The summed E-state index contributed by atoms with van der Waals surface area (Å²) in [5.41, 5.74) is 1.04. The fraction of sp³-hybridized carbons (Fsp3) is 0.417. The highest BCUT2D eigenvalue weighted by molar-refractivity contribution is 5.77. The molecule has 0 saturated heterocycles. The average molecular weight is 238 g/mol. The molecule has 1 unspecified atom stereocenters. The van der Waals surface area contributed by atoms with Crippen LogP contribution in [0.15, 0.2) is 30.3 Å². The highest BCUT2D eigenvalue weighted by Crippen LogP contribution is 1.96. The molecule has 94 valence electrons. The van der Waals surface area contributed by atoms with Gasteiger partial charge >= 0.3 is 0 Å². The van der Waals surface area contributed by atoms with Gasteiger partial charge in [-0.15, -0.1) is 0 Å². The molecule has 0 bridgehead atoms. The summed E-state index contributed by atoms with van der Waals surface area (Å²) < 4.78 is 0. The summed E-state index contributed by atoms with van der Waals surface area (Å²) in [4.78, 5) is 11.4. The van der Waals surface area contributed by atoms with Gasteiger partial charge in [-0.05, 0) is 5.56 Å². The first-order valence-electron chi connectivity index (χ1n) is 5.52. The van der Waals surface area contributed by atoms with Crippen LogP contribution in [0.5, 0.6) is 0 Å². The first kappa shape index (κ1) is 13.6. The second kappa shape index (κ2) is 7.78. The molecule has 0 aromatic heterocycles. The number of rotatable bonds is 7. The lowest BCUT2D eigenvalue weighted by Crippen LogP contribution is -2.37. The van der Waals surface area contributed by atoms with E-state index >= 15 is 0 Å². The molecular formula is C12H18N2O3. The van der Waals surface area contributed by atoms with E-state index in [1.54, 1.807) is 0 Å². The van der Waals surface area contributed by atoms with Gasteiger partial charge in [-0.25, -0.2) is 0 Å². The number of hydrogen-bond acceptors (Lipinski definition) is 4. The zero-order chi connectivity index (χ0) is 12.5. The predicted octanol–water partition coefficient (Wildman–Crippen LogP) is -0.754. The van der Waals surface area contributed by atoms with Gasteiger partial charge in [0.1, 0.15) is 0 Å². The summed E-state index contributed by atoms with van der Waals surface area (Å²) in [7, 11) is 0. The van der Waals surface area contributed by atoms with Crippen molar-refractivity contribution < 1.29 is 15.0 Å². The van der Waals surface area contributed by atoms with Crippen molar-refractivity contribution in [3.8, 4) is 0 Å². The van der Waals surface area contributed by atoms with Crippen molar-refractivity contribution in [3.05, 3.63) is 35.9 Å². The number of hydrogen-bond donors (Lipinski definition) is 4. The molecule has 5 heteroatoms. The Bertz CT molecular complexity index is 330. The van der Waals surface area contributed by atoms with Crippen molar-refractivity contribution in [2.24, 2.45) is 0 Å². The van der Waals surface area contributed by atoms with E-state index in [-0.39, 0.29) is 25.6 Å². The third-order valence-electron chi connectivity index (χ3n) is 2.21. The van der Waals surface area contributed by atoms with E-state index in [2.05, 4.69) is 10.6 Å². The molecule has 0 aliphatic carbocycles. The Kier molecular flexibility index (Phi) is 6.24. The fourth-order valence-corrected chi connectivity index (χ4v) is 1.28. The van der Waals surface area contributed by atoms with Crippen molar-refractivity contribution in [1.29, 1.82) is 0 Å². The van der Waals surface area contributed by atoms with Crippen LogP contribution in [-0.2, 0) is 11.3 Å². The SMILES string of the molecule is O=C(CNCC(O)CO)NCc1ccccc1. The number of carbonyl (C=O) groups excluding carboxylic acids is 1. The third-order valence-corrected chi connectivity index (χ3v) is 2.21. The van der Waals surface area contributed by atoms with Crippen molar-refractivity contribution >= 4 is 5.91 Å².